The molecule has 1 N–H and O–H groups in total. The van der Waals surface area contributed by atoms with Gasteiger partial charge in [-0.3, -0.25) is 4.79 Å². The maximum Gasteiger partial charge on any atom is 0.253 e. The van der Waals surface area contributed by atoms with E-state index in [0.717, 1.165) is 37.9 Å². The van der Waals surface area contributed by atoms with E-state index in [1.165, 1.54) is 12.1 Å². The van der Waals surface area contributed by atoms with E-state index in [0.29, 0.717) is 18.5 Å². The van der Waals surface area contributed by atoms with Gasteiger partial charge in [-0.2, -0.15) is 0 Å². The van der Waals surface area contributed by atoms with E-state index in [-0.39, 0.29) is 10.8 Å². The van der Waals surface area contributed by atoms with Gasteiger partial charge in [0.25, 0.3) is 5.91 Å². The maximum absolute atomic E-state index is 12.6. The lowest BCUT2D eigenvalue weighted by Crippen LogP contribution is -2.35. The van der Waals surface area contributed by atoms with Crippen molar-refractivity contribution in [2.45, 2.75) is 30.6 Å². The van der Waals surface area contributed by atoms with Crippen LogP contribution in [0.1, 0.15) is 35.2 Å². The second-order valence-electron chi connectivity index (χ2n) is 6.51. The number of carbonyl (C=O) groups excluding carboxylic acids is 1. The van der Waals surface area contributed by atoms with Crippen LogP contribution in [0.2, 0.25) is 0 Å². The second-order valence-corrected chi connectivity index (χ2v) is 8.28. The Labute approximate surface area is 155 Å². The molecular weight excluding hydrogens is 348 g/mol. The largest absolute Gasteiger partial charge is 0.339 e. The molecule has 1 aliphatic heterocycles. The number of rotatable bonds is 6. The van der Waals surface area contributed by atoms with Crippen molar-refractivity contribution in [2.24, 2.45) is 0 Å². The van der Waals surface area contributed by atoms with Crippen molar-refractivity contribution in [1.29, 1.82) is 0 Å². The lowest BCUT2D eigenvalue weighted by atomic mass is 10.1. The third kappa shape index (κ3) is 4.71. The Bertz CT molecular complexity index is 844. The summed E-state index contributed by atoms with van der Waals surface area (Å²) in [6.45, 7) is 1.80. The first kappa shape index (κ1) is 18.6. The minimum atomic E-state index is -3.64. The van der Waals surface area contributed by atoms with Gasteiger partial charge in [-0.25, -0.2) is 13.1 Å². The molecule has 6 heteroatoms. The van der Waals surface area contributed by atoms with E-state index in [1.54, 1.807) is 17.0 Å². The SMILES string of the molecule is O=C(c1cccc(S(=O)(=O)NCCc2ccccc2)c1)N1CCCCC1. The van der Waals surface area contributed by atoms with Crippen LogP contribution >= 0.6 is 0 Å². The number of amides is 1. The van der Waals surface area contributed by atoms with Crippen molar-refractivity contribution in [2.75, 3.05) is 19.6 Å². The van der Waals surface area contributed by atoms with Crippen LogP contribution in [0.5, 0.6) is 0 Å². The summed E-state index contributed by atoms with van der Waals surface area (Å²) in [5, 5.41) is 0. The Hall–Kier alpha value is -2.18. The highest BCUT2D eigenvalue weighted by Gasteiger charge is 2.20. The van der Waals surface area contributed by atoms with E-state index in [4.69, 9.17) is 0 Å². The molecule has 1 amide bonds. The Balaban J connectivity index is 1.66. The van der Waals surface area contributed by atoms with Gasteiger partial charge < -0.3 is 4.90 Å². The number of likely N-dealkylation sites (tertiary alicyclic amines) is 1. The number of carbonyl (C=O) groups is 1. The minimum absolute atomic E-state index is 0.0916. The molecule has 0 unspecified atom stereocenters. The molecule has 2 aromatic carbocycles. The molecule has 0 spiro atoms. The van der Waals surface area contributed by atoms with Crippen molar-refractivity contribution in [3.8, 4) is 0 Å². The monoisotopic (exact) mass is 372 g/mol. The second kappa shape index (κ2) is 8.47. The molecule has 3 rings (SSSR count). The maximum atomic E-state index is 12.6. The molecule has 2 aromatic rings. The molecular formula is C20H24N2O3S. The fraction of sp³-hybridized carbons (Fsp3) is 0.350. The Kier molecular flexibility index (Phi) is 6.06. The van der Waals surface area contributed by atoms with Gasteiger partial charge in [0, 0.05) is 25.2 Å². The van der Waals surface area contributed by atoms with E-state index in [1.807, 2.05) is 30.3 Å². The van der Waals surface area contributed by atoms with Crippen LogP contribution < -0.4 is 4.72 Å². The summed E-state index contributed by atoms with van der Waals surface area (Å²) >= 11 is 0. The molecule has 0 radical (unpaired) electrons. The summed E-state index contributed by atoms with van der Waals surface area (Å²) in [4.78, 5) is 14.5. The van der Waals surface area contributed by atoms with Crippen LogP contribution in [-0.4, -0.2) is 38.9 Å². The van der Waals surface area contributed by atoms with Crippen molar-refractivity contribution in [3.05, 3.63) is 65.7 Å². The van der Waals surface area contributed by atoms with Crippen molar-refractivity contribution in [3.63, 3.8) is 0 Å². The molecule has 1 saturated heterocycles. The number of benzene rings is 2. The van der Waals surface area contributed by atoms with Crippen LogP contribution in [0.15, 0.2) is 59.5 Å². The molecule has 5 nitrogen and oxygen atoms in total. The molecule has 0 bridgehead atoms. The van der Waals surface area contributed by atoms with Gasteiger partial charge in [0.2, 0.25) is 10.0 Å². The summed E-state index contributed by atoms with van der Waals surface area (Å²) in [6.07, 6.45) is 3.77. The highest BCUT2D eigenvalue weighted by molar-refractivity contribution is 7.89. The van der Waals surface area contributed by atoms with E-state index >= 15 is 0 Å². The molecule has 1 aliphatic rings. The first-order valence-corrected chi connectivity index (χ1v) is 10.5. The third-order valence-electron chi connectivity index (χ3n) is 4.58. The van der Waals surface area contributed by atoms with Crippen molar-refractivity contribution >= 4 is 15.9 Å². The Morgan fingerprint density at radius 2 is 1.69 bits per heavy atom. The smallest absolute Gasteiger partial charge is 0.253 e. The first-order valence-electron chi connectivity index (χ1n) is 8.99. The van der Waals surface area contributed by atoms with Gasteiger partial charge in [0.1, 0.15) is 0 Å². The normalized spacial score (nSPS) is 15.0. The first-order chi connectivity index (χ1) is 12.6. The third-order valence-corrected chi connectivity index (χ3v) is 6.04. The van der Waals surface area contributed by atoms with Gasteiger partial charge in [-0.1, -0.05) is 36.4 Å². The number of sulfonamides is 1. The minimum Gasteiger partial charge on any atom is -0.339 e. The average Bonchev–Trinajstić information content (AvgIpc) is 2.69. The number of piperidine rings is 1. The summed E-state index contributed by atoms with van der Waals surface area (Å²) < 4.78 is 27.7. The van der Waals surface area contributed by atoms with E-state index < -0.39 is 10.0 Å². The standard InChI is InChI=1S/C20H24N2O3S/c23-20(22-14-5-2-6-15-22)18-10-7-11-19(16-18)26(24,25)21-13-12-17-8-3-1-4-9-17/h1,3-4,7-11,16,21H,2,5-6,12-15H2. The van der Waals surface area contributed by atoms with E-state index in [9.17, 15) is 13.2 Å². The number of nitrogens with zero attached hydrogens (tertiary/aromatic N) is 1. The zero-order valence-corrected chi connectivity index (χ0v) is 15.5. The van der Waals surface area contributed by atoms with Crippen molar-refractivity contribution < 1.29 is 13.2 Å². The zero-order chi connectivity index (χ0) is 18.4. The lowest BCUT2D eigenvalue weighted by molar-refractivity contribution is 0.0724. The Morgan fingerprint density at radius 1 is 0.962 bits per heavy atom. The van der Waals surface area contributed by atoms with Crippen LogP contribution in [0.25, 0.3) is 0 Å². The molecule has 0 aliphatic carbocycles. The van der Waals surface area contributed by atoms with Gasteiger partial charge >= 0.3 is 0 Å². The molecule has 0 atom stereocenters. The Morgan fingerprint density at radius 3 is 2.42 bits per heavy atom. The molecule has 1 heterocycles. The van der Waals surface area contributed by atoms with Crippen LogP contribution in [0.3, 0.4) is 0 Å². The fourth-order valence-electron chi connectivity index (χ4n) is 3.13. The van der Waals surface area contributed by atoms with Crippen LogP contribution in [0.4, 0.5) is 0 Å². The highest BCUT2D eigenvalue weighted by atomic mass is 32.2. The molecule has 1 fully saturated rings. The number of nitrogens with one attached hydrogen (secondary N) is 1. The predicted molar refractivity (Wildman–Crippen MR) is 102 cm³/mol. The van der Waals surface area contributed by atoms with Gasteiger partial charge in [-0.15, -0.1) is 0 Å². The highest BCUT2D eigenvalue weighted by Crippen LogP contribution is 2.16. The van der Waals surface area contributed by atoms with Crippen molar-refractivity contribution in [1.82, 2.24) is 9.62 Å². The predicted octanol–water partition coefficient (Wildman–Crippen LogP) is 2.83. The number of hydrogen-bond donors (Lipinski definition) is 1. The zero-order valence-electron chi connectivity index (χ0n) is 14.7. The van der Waals surface area contributed by atoms with Crippen LogP contribution in [-0.2, 0) is 16.4 Å². The van der Waals surface area contributed by atoms with Gasteiger partial charge in [0.15, 0.2) is 0 Å². The summed E-state index contributed by atoms with van der Waals surface area (Å²) in [6, 6.07) is 16.0. The molecule has 138 valence electrons. The van der Waals surface area contributed by atoms with Gasteiger partial charge in [0.05, 0.1) is 4.90 Å². The summed E-state index contributed by atoms with van der Waals surface area (Å²) in [5.74, 6) is -0.0916. The fourth-order valence-corrected chi connectivity index (χ4v) is 4.21. The average molecular weight is 372 g/mol. The number of hydrogen-bond acceptors (Lipinski definition) is 3. The van der Waals surface area contributed by atoms with E-state index in [2.05, 4.69) is 4.72 Å². The summed E-state index contributed by atoms with van der Waals surface area (Å²) in [5.41, 5.74) is 1.50. The van der Waals surface area contributed by atoms with Gasteiger partial charge in [-0.05, 0) is 49.4 Å². The molecule has 0 aromatic heterocycles. The molecule has 0 saturated carbocycles. The van der Waals surface area contributed by atoms with Crippen LogP contribution in [0, 0.1) is 0 Å². The summed E-state index contributed by atoms with van der Waals surface area (Å²) in [7, 11) is -3.64. The lowest BCUT2D eigenvalue weighted by Gasteiger charge is -2.26. The quantitative estimate of drug-likeness (QED) is 0.848. The molecule has 26 heavy (non-hydrogen) atoms. The topological polar surface area (TPSA) is 66.5 Å².